The molecule has 0 radical (unpaired) electrons. The van der Waals surface area contributed by atoms with Gasteiger partial charge in [0.05, 0.1) is 23.0 Å². The molecule has 2 aliphatic heterocycles. The van der Waals surface area contributed by atoms with Gasteiger partial charge >= 0.3 is 0 Å². The topological polar surface area (TPSA) is 74.7 Å². The van der Waals surface area contributed by atoms with Crippen LogP contribution in [0.2, 0.25) is 0 Å². The second kappa shape index (κ2) is 9.29. The summed E-state index contributed by atoms with van der Waals surface area (Å²) in [7, 11) is 0. The highest BCUT2D eigenvalue weighted by molar-refractivity contribution is 5.72. The maximum atomic E-state index is 9.14. The third kappa shape index (κ3) is 4.08. The average Bonchev–Trinajstić information content (AvgIpc) is 3.66. The van der Waals surface area contributed by atoms with Gasteiger partial charge < -0.3 is 14.8 Å². The second-order valence-corrected chi connectivity index (χ2v) is 10.1. The summed E-state index contributed by atoms with van der Waals surface area (Å²) in [6.07, 6.45) is 6.39. The molecule has 1 unspecified atom stereocenters. The Morgan fingerprint density at radius 1 is 1.14 bits per heavy atom. The van der Waals surface area contributed by atoms with E-state index in [2.05, 4.69) is 79.9 Å². The van der Waals surface area contributed by atoms with Crippen LogP contribution >= 0.6 is 0 Å². The van der Waals surface area contributed by atoms with E-state index in [1.807, 2.05) is 30.6 Å². The van der Waals surface area contributed by atoms with Crippen molar-refractivity contribution in [3.63, 3.8) is 0 Å². The van der Waals surface area contributed by atoms with Crippen molar-refractivity contribution >= 4 is 5.69 Å². The van der Waals surface area contributed by atoms with Gasteiger partial charge in [0, 0.05) is 43.1 Å². The van der Waals surface area contributed by atoms with Crippen LogP contribution in [0, 0.1) is 17.2 Å². The first-order valence-corrected chi connectivity index (χ1v) is 12.9. The number of nitriles is 1. The zero-order chi connectivity index (χ0) is 24.6. The summed E-state index contributed by atoms with van der Waals surface area (Å²) in [6, 6.07) is 19.5. The Balaban J connectivity index is 1.30. The van der Waals surface area contributed by atoms with Gasteiger partial charge in [-0.25, -0.2) is 0 Å². The number of anilines is 1. The number of hydrogen-bond acceptors (Lipinski definition) is 5. The molecule has 2 atom stereocenters. The monoisotopic (exact) mass is 477 g/mol. The van der Waals surface area contributed by atoms with Gasteiger partial charge in [-0.2, -0.15) is 5.26 Å². The maximum Gasteiger partial charge on any atom is 0.185 e. The summed E-state index contributed by atoms with van der Waals surface area (Å²) in [5, 5.41) is 21.5. The van der Waals surface area contributed by atoms with Crippen molar-refractivity contribution in [1.82, 2.24) is 24.6 Å². The van der Waals surface area contributed by atoms with Crippen LogP contribution in [-0.2, 0) is 6.54 Å². The molecule has 0 aliphatic carbocycles. The van der Waals surface area contributed by atoms with Crippen molar-refractivity contribution in [2.24, 2.45) is 5.92 Å². The molecule has 4 aromatic rings. The second-order valence-electron chi connectivity index (χ2n) is 10.1. The molecule has 6 rings (SSSR count). The lowest BCUT2D eigenvalue weighted by molar-refractivity contribution is 0.456. The average molecular weight is 478 g/mol. The lowest BCUT2D eigenvalue weighted by Gasteiger charge is -2.21. The summed E-state index contributed by atoms with van der Waals surface area (Å²) in [4.78, 5) is 2.53. The van der Waals surface area contributed by atoms with E-state index in [1.54, 1.807) is 0 Å². The molecule has 2 aromatic carbocycles. The van der Waals surface area contributed by atoms with Gasteiger partial charge in [0.15, 0.2) is 5.82 Å². The highest BCUT2D eigenvalue weighted by atomic mass is 15.3. The molecular formula is C29H31N7. The standard InChI is InChI=1S/C29H31N7/c1-3-20(2)31-15-22-10-11-34(16-22)26-8-9-27-25(12-26)18-35-17-24(23-6-4-21(14-30)5-7-23)13-28(35)29-33-32-19-36(27)29/h4-9,12-13,17,19-20,22,31H,3,10-11,15-16,18H2,1-2H3/t20-,22?/m1/s1. The van der Waals surface area contributed by atoms with E-state index in [0.717, 1.165) is 54.5 Å². The van der Waals surface area contributed by atoms with Gasteiger partial charge in [-0.05, 0) is 79.8 Å². The maximum absolute atomic E-state index is 9.14. The Hall–Kier alpha value is -3.89. The minimum atomic E-state index is 0.578. The number of rotatable bonds is 6. The van der Waals surface area contributed by atoms with Crippen LogP contribution in [0.1, 0.15) is 37.8 Å². The molecule has 7 heteroatoms. The number of benzene rings is 2. The smallest absolute Gasteiger partial charge is 0.185 e. The number of nitrogens with one attached hydrogen (secondary N) is 1. The zero-order valence-corrected chi connectivity index (χ0v) is 20.9. The summed E-state index contributed by atoms with van der Waals surface area (Å²) in [5.74, 6) is 1.53. The van der Waals surface area contributed by atoms with Crippen molar-refractivity contribution in [3.8, 4) is 34.4 Å². The highest BCUT2D eigenvalue weighted by Crippen LogP contribution is 2.35. The fourth-order valence-corrected chi connectivity index (χ4v) is 5.37. The van der Waals surface area contributed by atoms with E-state index < -0.39 is 0 Å². The predicted octanol–water partition coefficient (Wildman–Crippen LogP) is 4.85. The minimum absolute atomic E-state index is 0.578. The summed E-state index contributed by atoms with van der Waals surface area (Å²) < 4.78 is 4.37. The van der Waals surface area contributed by atoms with E-state index in [9.17, 15) is 0 Å². The van der Waals surface area contributed by atoms with E-state index in [0.29, 0.717) is 17.5 Å². The lowest BCUT2D eigenvalue weighted by atomic mass is 10.1. The molecule has 7 nitrogen and oxygen atoms in total. The van der Waals surface area contributed by atoms with Crippen LogP contribution in [-0.4, -0.2) is 45.0 Å². The third-order valence-electron chi connectivity index (χ3n) is 7.70. The van der Waals surface area contributed by atoms with Crippen LogP contribution in [0.4, 0.5) is 5.69 Å². The molecule has 182 valence electrons. The summed E-state index contributed by atoms with van der Waals surface area (Å²) in [6.45, 7) is 8.55. The molecule has 2 aromatic heterocycles. The Morgan fingerprint density at radius 2 is 2.00 bits per heavy atom. The molecule has 1 saturated heterocycles. The number of fused-ring (bicyclic) bond motifs is 5. The SMILES string of the molecule is CC[C@@H](C)NCC1CCN(c2ccc3c(c2)Cn2cc(-c4ccc(C#N)cc4)cc2-c2nncn2-3)C1. The van der Waals surface area contributed by atoms with Crippen LogP contribution in [0.3, 0.4) is 0 Å². The molecule has 4 heterocycles. The molecule has 1 N–H and O–H groups in total. The molecule has 0 saturated carbocycles. The summed E-state index contributed by atoms with van der Waals surface area (Å²) in [5.41, 5.74) is 7.59. The van der Waals surface area contributed by atoms with Gasteiger partial charge in [0.2, 0.25) is 0 Å². The first-order chi connectivity index (χ1) is 17.6. The van der Waals surface area contributed by atoms with Gasteiger partial charge in [0.1, 0.15) is 6.33 Å². The van der Waals surface area contributed by atoms with E-state index in [4.69, 9.17) is 5.26 Å². The van der Waals surface area contributed by atoms with Crippen LogP contribution in [0.5, 0.6) is 0 Å². The molecule has 0 bridgehead atoms. The number of hydrogen-bond donors (Lipinski definition) is 1. The molecule has 1 fully saturated rings. The fraction of sp³-hybridized carbons (Fsp3) is 0.345. The minimum Gasteiger partial charge on any atom is -0.371 e. The first kappa shape index (κ1) is 22.6. The van der Waals surface area contributed by atoms with E-state index in [-0.39, 0.29) is 0 Å². The van der Waals surface area contributed by atoms with Crippen LogP contribution < -0.4 is 10.2 Å². The Kier molecular flexibility index (Phi) is 5.82. The first-order valence-electron chi connectivity index (χ1n) is 12.9. The zero-order valence-electron chi connectivity index (χ0n) is 20.9. The lowest BCUT2D eigenvalue weighted by Crippen LogP contribution is -2.32. The van der Waals surface area contributed by atoms with Gasteiger partial charge in [0.25, 0.3) is 0 Å². The van der Waals surface area contributed by atoms with E-state index >= 15 is 0 Å². The Labute approximate surface area is 212 Å². The normalized spacial score (nSPS) is 17.1. The van der Waals surface area contributed by atoms with Crippen molar-refractivity contribution in [1.29, 1.82) is 5.26 Å². The number of nitrogens with zero attached hydrogens (tertiary/aromatic N) is 6. The van der Waals surface area contributed by atoms with Crippen molar-refractivity contribution < 1.29 is 0 Å². The van der Waals surface area contributed by atoms with Crippen molar-refractivity contribution in [2.45, 2.75) is 39.3 Å². The third-order valence-corrected chi connectivity index (χ3v) is 7.70. The largest absolute Gasteiger partial charge is 0.371 e. The molecule has 0 amide bonds. The number of aromatic nitrogens is 4. The van der Waals surface area contributed by atoms with Gasteiger partial charge in [-0.1, -0.05) is 19.1 Å². The molecular weight excluding hydrogens is 446 g/mol. The molecule has 36 heavy (non-hydrogen) atoms. The van der Waals surface area contributed by atoms with Crippen molar-refractivity contribution in [2.75, 3.05) is 24.5 Å². The van der Waals surface area contributed by atoms with Gasteiger partial charge in [-0.3, -0.25) is 4.57 Å². The Morgan fingerprint density at radius 3 is 2.81 bits per heavy atom. The fourth-order valence-electron chi connectivity index (χ4n) is 5.37. The highest BCUT2D eigenvalue weighted by Gasteiger charge is 2.26. The summed E-state index contributed by atoms with van der Waals surface area (Å²) >= 11 is 0. The Bertz CT molecular complexity index is 1420. The van der Waals surface area contributed by atoms with Crippen LogP contribution in [0.25, 0.3) is 28.3 Å². The van der Waals surface area contributed by atoms with Crippen molar-refractivity contribution in [3.05, 3.63) is 72.2 Å². The van der Waals surface area contributed by atoms with Gasteiger partial charge in [-0.15, -0.1) is 10.2 Å². The van der Waals surface area contributed by atoms with E-state index in [1.165, 1.54) is 24.1 Å². The predicted molar refractivity (Wildman–Crippen MR) is 142 cm³/mol. The quantitative estimate of drug-likeness (QED) is 0.378. The molecule has 2 aliphatic rings. The molecule has 0 spiro atoms. The van der Waals surface area contributed by atoms with Crippen LogP contribution in [0.15, 0.2) is 61.1 Å².